The van der Waals surface area contributed by atoms with Crippen molar-refractivity contribution in [2.45, 2.75) is 38.0 Å². The first-order chi connectivity index (χ1) is 5.62. The van der Waals surface area contributed by atoms with Gasteiger partial charge in [0.1, 0.15) is 0 Å². The number of nitrogens with two attached hydrogens (primary N) is 1. The average molecular weight is 175 g/mol. The Kier molecular flexibility index (Phi) is 1.69. The van der Waals surface area contributed by atoms with Crippen molar-refractivity contribution in [2.24, 2.45) is 17.1 Å². The fourth-order valence-electron chi connectivity index (χ4n) is 2.72. The van der Waals surface area contributed by atoms with Gasteiger partial charge in [-0.1, -0.05) is 12.8 Å². The third-order valence-corrected chi connectivity index (χ3v) is 3.63. The third kappa shape index (κ3) is 0.920. The van der Waals surface area contributed by atoms with Gasteiger partial charge in [0.05, 0.1) is 0 Å². The molecule has 0 unspecified atom stereocenters. The smallest absolute Gasteiger partial charge is 0.254 e. The van der Waals surface area contributed by atoms with E-state index in [1.54, 1.807) is 0 Å². The number of hydrogen-bond acceptors (Lipinski definition) is 1. The second-order valence-corrected chi connectivity index (χ2v) is 4.22. The molecule has 0 aromatic heterocycles. The topological polar surface area (TPSA) is 26.0 Å². The normalized spacial score (nSPS) is 44.8. The highest BCUT2D eigenvalue weighted by Crippen LogP contribution is 2.69. The van der Waals surface area contributed by atoms with Crippen molar-refractivity contribution in [1.29, 1.82) is 0 Å². The van der Waals surface area contributed by atoms with Crippen LogP contribution in [-0.4, -0.2) is 12.5 Å². The summed E-state index contributed by atoms with van der Waals surface area (Å²) < 4.78 is 26.1. The van der Waals surface area contributed by atoms with Crippen LogP contribution in [0.25, 0.3) is 0 Å². The van der Waals surface area contributed by atoms with E-state index in [0.717, 1.165) is 19.3 Å². The van der Waals surface area contributed by atoms with Gasteiger partial charge in [-0.25, -0.2) is 8.78 Å². The molecule has 0 radical (unpaired) electrons. The molecule has 12 heavy (non-hydrogen) atoms. The van der Waals surface area contributed by atoms with E-state index in [9.17, 15) is 8.78 Å². The van der Waals surface area contributed by atoms with Crippen LogP contribution >= 0.6 is 0 Å². The molecule has 2 atom stereocenters. The van der Waals surface area contributed by atoms with Crippen LogP contribution in [-0.2, 0) is 0 Å². The van der Waals surface area contributed by atoms with Gasteiger partial charge in [-0.3, -0.25) is 0 Å². The highest BCUT2D eigenvalue weighted by atomic mass is 19.3. The monoisotopic (exact) mass is 175 g/mol. The van der Waals surface area contributed by atoms with Crippen LogP contribution in [0.4, 0.5) is 8.78 Å². The minimum atomic E-state index is -2.39. The standard InChI is InChI=1S/C9H15F2N/c10-9(11)6-8(9)4-2-1-3-7(8)5-12/h7H,1-6,12H2/t7-,8-/m1/s1. The van der Waals surface area contributed by atoms with Crippen molar-refractivity contribution in [2.75, 3.05) is 6.54 Å². The van der Waals surface area contributed by atoms with Gasteiger partial charge in [0.15, 0.2) is 0 Å². The summed E-state index contributed by atoms with van der Waals surface area (Å²) in [6.07, 6.45) is 3.75. The lowest BCUT2D eigenvalue weighted by Crippen LogP contribution is -2.32. The molecule has 0 amide bonds. The molecular formula is C9H15F2N. The molecule has 1 spiro atoms. The van der Waals surface area contributed by atoms with Gasteiger partial charge in [0.25, 0.3) is 5.92 Å². The van der Waals surface area contributed by atoms with Crippen LogP contribution in [0.3, 0.4) is 0 Å². The van der Waals surface area contributed by atoms with Gasteiger partial charge >= 0.3 is 0 Å². The Bertz CT molecular complexity index is 193. The lowest BCUT2D eigenvalue weighted by Gasteiger charge is -2.30. The number of rotatable bonds is 1. The Hall–Kier alpha value is -0.180. The fraction of sp³-hybridized carbons (Fsp3) is 1.00. The maximum absolute atomic E-state index is 13.1. The van der Waals surface area contributed by atoms with E-state index in [4.69, 9.17) is 5.73 Å². The van der Waals surface area contributed by atoms with Gasteiger partial charge in [-0.2, -0.15) is 0 Å². The zero-order valence-electron chi connectivity index (χ0n) is 7.15. The zero-order chi connectivity index (χ0) is 8.82. The molecule has 0 aromatic carbocycles. The molecule has 70 valence electrons. The molecule has 2 fully saturated rings. The van der Waals surface area contributed by atoms with Crippen LogP contribution in [0.1, 0.15) is 32.1 Å². The van der Waals surface area contributed by atoms with Crippen LogP contribution in [0, 0.1) is 11.3 Å². The number of alkyl halides is 2. The van der Waals surface area contributed by atoms with E-state index >= 15 is 0 Å². The maximum atomic E-state index is 13.1. The van der Waals surface area contributed by atoms with E-state index < -0.39 is 11.3 Å². The Balaban J connectivity index is 2.13. The van der Waals surface area contributed by atoms with E-state index in [1.807, 2.05) is 0 Å². The average Bonchev–Trinajstić information content (AvgIpc) is 2.55. The SMILES string of the molecule is NC[C@H]1CCCC[C@@]12CC2(F)F. The molecule has 0 saturated heterocycles. The number of hydrogen-bond donors (Lipinski definition) is 1. The molecule has 1 nitrogen and oxygen atoms in total. The highest BCUT2D eigenvalue weighted by Gasteiger charge is 2.73. The summed E-state index contributed by atoms with van der Waals surface area (Å²) in [5.41, 5.74) is 4.84. The van der Waals surface area contributed by atoms with Crippen molar-refractivity contribution >= 4 is 0 Å². The predicted octanol–water partition coefficient (Wildman–Crippen LogP) is 2.16. The Morgan fingerprint density at radius 1 is 1.33 bits per heavy atom. The summed E-state index contributed by atoms with van der Waals surface area (Å²) >= 11 is 0. The lowest BCUT2D eigenvalue weighted by atomic mass is 9.76. The molecule has 2 N–H and O–H groups in total. The summed E-state index contributed by atoms with van der Waals surface area (Å²) in [4.78, 5) is 0. The van der Waals surface area contributed by atoms with Crippen molar-refractivity contribution in [3.8, 4) is 0 Å². The summed E-state index contributed by atoms with van der Waals surface area (Å²) in [5.74, 6) is -2.31. The van der Waals surface area contributed by atoms with Crippen LogP contribution in [0.2, 0.25) is 0 Å². The molecule has 2 aliphatic carbocycles. The molecular weight excluding hydrogens is 160 g/mol. The van der Waals surface area contributed by atoms with Crippen molar-refractivity contribution in [3.63, 3.8) is 0 Å². The molecule has 3 heteroatoms. The molecule has 2 saturated carbocycles. The summed E-state index contributed by atoms with van der Waals surface area (Å²) in [7, 11) is 0. The van der Waals surface area contributed by atoms with Gasteiger partial charge in [0, 0.05) is 11.8 Å². The van der Waals surface area contributed by atoms with Crippen molar-refractivity contribution in [1.82, 2.24) is 0 Å². The Morgan fingerprint density at radius 3 is 2.42 bits per heavy atom. The Labute approximate surface area is 71.3 Å². The van der Waals surface area contributed by atoms with Crippen molar-refractivity contribution < 1.29 is 8.78 Å². The van der Waals surface area contributed by atoms with E-state index in [2.05, 4.69) is 0 Å². The molecule has 0 aliphatic heterocycles. The van der Waals surface area contributed by atoms with Gasteiger partial charge in [0.2, 0.25) is 0 Å². The summed E-state index contributed by atoms with van der Waals surface area (Å²) in [6.45, 7) is 0.440. The second-order valence-electron chi connectivity index (χ2n) is 4.22. The minimum absolute atomic E-state index is 0.0845. The van der Waals surface area contributed by atoms with Crippen molar-refractivity contribution in [3.05, 3.63) is 0 Å². The summed E-state index contributed by atoms with van der Waals surface area (Å²) in [6, 6.07) is 0. The molecule has 0 bridgehead atoms. The van der Waals surface area contributed by atoms with Gasteiger partial charge < -0.3 is 5.73 Å². The molecule has 2 aliphatic rings. The van der Waals surface area contributed by atoms with E-state index in [0.29, 0.717) is 13.0 Å². The first kappa shape index (κ1) is 8.42. The highest BCUT2D eigenvalue weighted by molar-refractivity contribution is 5.14. The van der Waals surface area contributed by atoms with Crippen LogP contribution < -0.4 is 5.73 Å². The fourth-order valence-corrected chi connectivity index (χ4v) is 2.72. The van der Waals surface area contributed by atoms with Gasteiger partial charge in [-0.15, -0.1) is 0 Å². The predicted molar refractivity (Wildman–Crippen MR) is 43.0 cm³/mol. The minimum Gasteiger partial charge on any atom is -0.330 e. The lowest BCUT2D eigenvalue weighted by molar-refractivity contribution is 0.0213. The largest absolute Gasteiger partial charge is 0.330 e. The van der Waals surface area contributed by atoms with Crippen LogP contribution in [0.15, 0.2) is 0 Å². The van der Waals surface area contributed by atoms with Crippen LogP contribution in [0.5, 0.6) is 0 Å². The molecule has 0 heterocycles. The molecule has 2 rings (SSSR count). The first-order valence-corrected chi connectivity index (χ1v) is 4.70. The van der Waals surface area contributed by atoms with Gasteiger partial charge in [-0.05, 0) is 25.3 Å². The Morgan fingerprint density at radius 2 is 2.00 bits per heavy atom. The summed E-state index contributed by atoms with van der Waals surface area (Å²) in [5, 5.41) is 0. The first-order valence-electron chi connectivity index (χ1n) is 4.70. The zero-order valence-corrected chi connectivity index (χ0v) is 7.15. The van der Waals surface area contributed by atoms with E-state index in [-0.39, 0.29) is 12.3 Å². The third-order valence-electron chi connectivity index (χ3n) is 3.63. The molecule has 0 aromatic rings. The van der Waals surface area contributed by atoms with E-state index in [1.165, 1.54) is 0 Å². The maximum Gasteiger partial charge on any atom is 0.254 e. The number of halogens is 2. The quantitative estimate of drug-likeness (QED) is 0.649. The second kappa shape index (κ2) is 2.41.